The molecule has 10 heteroatoms. The third kappa shape index (κ3) is 3.90. The number of likely N-dealkylation sites (tertiary alicyclic amines) is 1. The van der Waals surface area contributed by atoms with Gasteiger partial charge in [-0.1, -0.05) is 12.1 Å². The molecule has 146 valence electrons. The van der Waals surface area contributed by atoms with Crippen LogP contribution in [0.3, 0.4) is 0 Å². The van der Waals surface area contributed by atoms with E-state index in [1.54, 1.807) is 0 Å². The maximum atomic E-state index is 13.6. The highest BCUT2D eigenvalue weighted by Crippen LogP contribution is 2.38. The third-order valence-electron chi connectivity index (χ3n) is 4.76. The number of carboxylic acid groups (broad SMARTS) is 1. The molecule has 2 N–H and O–H groups in total. The molecule has 2 atom stereocenters. The molecular weight excluding hydrogens is 367 g/mol. The van der Waals surface area contributed by atoms with Gasteiger partial charge in [-0.05, 0) is 31.5 Å². The van der Waals surface area contributed by atoms with Crippen molar-refractivity contribution in [2.24, 2.45) is 0 Å². The van der Waals surface area contributed by atoms with Crippen LogP contribution in [0.2, 0.25) is 0 Å². The predicted molar refractivity (Wildman–Crippen MR) is 89.2 cm³/mol. The number of hydrogen-bond acceptors (Lipinski definition) is 4. The first-order valence-electron chi connectivity index (χ1n) is 8.43. The van der Waals surface area contributed by atoms with Gasteiger partial charge in [-0.3, -0.25) is 24.2 Å². The van der Waals surface area contributed by atoms with E-state index in [9.17, 15) is 32.7 Å². The van der Waals surface area contributed by atoms with Gasteiger partial charge in [0.05, 0.1) is 24.3 Å². The Bertz CT molecular complexity index is 768. The molecule has 0 bridgehead atoms. The molecule has 7 nitrogen and oxygen atoms in total. The van der Waals surface area contributed by atoms with Crippen LogP contribution in [0.15, 0.2) is 24.3 Å². The van der Waals surface area contributed by atoms with Crippen LogP contribution in [0.5, 0.6) is 0 Å². The first-order chi connectivity index (χ1) is 12.7. The number of nitrogens with one attached hydrogen (secondary N) is 1. The van der Waals surface area contributed by atoms with Crippen molar-refractivity contribution >= 4 is 29.2 Å². The maximum Gasteiger partial charge on any atom is 0.409 e. The molecule has 2 aliphatic rings. The molecule has 2 heterocycles. The highest BCUT2D eigenvalue weighted by molar-refractivity contribution is 6.05. The van der Waals surface area contributed by atoms with Crippen molar-refractivity contribution in [1.29, 1.82) is 0 Å². The number of alkyl halides is 3. The summed E-state index contributed by atoms with van der Waals surface area (Å²) in [5.41, 5.74) is 0.0561. The Hall–Kier alpha value is -2.62. The van der Waals surface area contributed by atoms with Crippen molar-refractivity contribution in [1.82, 2.24) is 4.90 Å². The summed E-state index contributed by atoms with van der Waals surface area (Å²) in [5, 5.41) is 11.6. The number of anilines is 2. The van der Waals surface area contributed by atoms with Crippen molar-refractivity contribution in [2.45, 2.75) is 37.5 Å². The average Bonchev–Trinajstić information content (AvgIpc) is 2.96. The number of amides is 2. The Balaban J connectivity index is 1.96. The highest BCUT2D eigenvalue weighted by atomic mass is 19.4. The fourth-order valence-electron chi connectivity index (χ4n) is 3.54. The summed E-state index contributed by atoms with van der Waals surface area (Å²) in [6, 6.07) is 2.54. The van der Waals surface area contributed by atoms with E-state index >= 15 is 0 Å². The first kappa shape index (κ1) is 19.2. The van der Waals surface area contributed by atoms with Gasteiger partial charge in [-0.2, -0.15) is 13.2 Å². The van der Waals surface area contributed by atoms with Gasteiger partial charge in [0.2, 0.25) is 11.8 Å². The minimum Gasteiger partial charge on any atom is -0.480 e. The van der Waals surface area contributed by atoms with E-state index in [1.165, 1.54) is 29.2 Å². The monoisotopic (exact) mass is 385 g/mol. The molecular formula is C17H18F3N3O4. The second-order valence-corrected chi connectivity index (χ2v) is 6.56. The summed E-state index contributed by atoms with van der Waals surface area (Å²) in [5.74, 6) is -2.85. The number of para-hydroxylation sites is 2. The van der Waals surface area contributed by atoms with Crippen LogP contribution in [-0.4, -0.2) is 59.1 Å². The zero-order valence-corrected chi connectivity index (χ0v) is 14.2. The van der Waals surface area contributed by atoms with Crippen LogP contribution in [-0.2, 0) is 14.4 Å². The number of benzene rings is 1. The lowest BCUT2D eigenvalue weighted by Gasteiger charge is -2.33. The summed E-state index contributed by atoms with van der Waals surface area (Å²) >= 11 is 0. The zero-order chi connectivity index (χ0) is 19.8. The van der Waals surface area contributed by atoms with Crippen LogP contribution < -0.4 is 10.2 Å². The number of halogens is 3. The smallest absolute Gasteiger partial charge is 0.409 e. The fraction of sp³-hybridized carbons (Fsp3) is 0.471. The molecule has 2 aliphatic heterocycles. The van der Waals surface area contributed by atoms with E-state index in [-0.39, 0.29) is 11.4 Å². The van der Waals surface area contributed by atoms with Crippen LogP contribution in [0, 0.1) is 0 Å². The molecule has 1 saturated heterocycles. The minimum absolute atomic E-state index is 0.0539. The van der Waals surface area contributed by atoms with Gasteiger partial charge >= 0.3 is 12.1 Å². The van der Waals surface area contributed by atoms with Crippen molar-refractivity contribution in [3.63, 3.8) is 0 Å². The number of fused-ring (bicyclic) bond motifs is 1. The van der Waals surface area contributed by atoms with Crippen LogP contribution in [0.4, 0.5) is 24.5 Å². The van der Waals surface area contributed by atoms with E-state index < -0.39 is 49.0 Å². The molecule has 1 fully saturated rings. The number of nitrogens with zero attached hydrogens (tertiary/aromatic N) is 2. The largest absolute Gasteiger partial charge is 0.480 e. The SMILES string of the molecule is O=C1CC(C(F)(F)F)N(C(=O)CN2CCC[C@H]2C(=O)O)c2ccccc2N1. The van der Waals surface area contributed by atoms with Crippen LogP contribution in [0.25, 0.3) is 0 Å². The second-order valence-electron chi connectivity index (χ2n) is 6.56. The standard InChI is InChI=1S/C17H18F3N3O4/c18-17(19,20)13-8-14(24)21-10-4-1-2-5-11(10)23(13)15(25)9-22-7-3-6-12(22)16(26)27/h1-2,4-5,12-13H,3,6-9H2,(H,21,24)(H,26,27)/t12-,13?/m0/s1. The Labute approximate surface area is 152 Å². The van der Waals surface area contributed by atoms with E-state index in [4.69, 9.17) is 0 Å². The lowest BCUT2D eigenvalue weighted by atomic mass is 10.1. The van der Waals surface area contributed by atoms with Crippen molar-refractivity contribution in [2.75, 3.05) is 23.3 Å². The van der Waals surface area contributed by atoms with Gasteiger partial charge in [-0.15, -0.1) is 0 Å². The minimum atomic E-state index is -4.82. The average molecular weight is 385 g/mol. The molecule has 0 radical (unpaired) electrons. The van der Waals surface area contributed by atoms with Gasteiger partial charge in [0, 0.05) is 0 Å². The lowest BCUT2D eigenvalue weighted by molar-refractivity contribution is -0.158. The van der Waals surface area contributed by atoms with Gasteiger partial charge in [0.1, 0.15) is 12.1 Å². The number of carbonyl (C=O) groups excluding carboxylic acids is 2. The Kier molecular flexibility index (Phi) is 5.09. The summed E-state index contributed by atoms with van der Waals surface area (Å²) in [4.78, 5) is 38.0. The Morgan fingerprint density at radius 3 is 2.63 bits per heavy atom. The summed E-state index contributed by atoms with van der Waals surface area (Å²) < 4.78 is 40.9. The quantitative estimate of drug-likeness (QED) is 0.829. The number of carbonyl (C=O) groups is 3. The molecule has 0 saturated carbocycles. The number of hydrogen-bond donors (Lipinski definition) is 2. The molecule has 1 aromatic carbocycles. The molecule has 0 aromatic heterocycles. The van der Waals surface area contributed by atoms with Crippen molar-refractivity contribution < 1.29 is 32.7 Å². The number of carboxylic acids is 1. The lowest BCUT2D eigenvalue weighted by Crippen LogP contribution is -2.53. The summed E-state index contributed by atoms with van der Waals surface area (Å²) in [6.07, 6.45) is -4.86. The van der Waals surface area contributed by atoms with E-state index in [0.717, 1.165) is 0 Å². The summed E-state index contributed by atoms with van der Waals surface area (Å²) in [6.45, 7) is -0.155. The van der Waals surface area contributed by atoms with Crippen molar-refractivity contribution in [3.05, 3.63) is 24.3 Å². The molecule has 2 amide bonds. The molecule has 1 unspecified atom stereocenters. The van der Waals surface area contributed by atoms with Crippen LogP contribution in [0.1, 0.15) is 19.3 Å². The number of aliphatic carboxylic acids is 1. The van der Waals surface area contributed by atoms with E-state index in [0.29, 0.717) is 24.3 Å². The molecule has 27 heavy (non-hydrogen) atoms. The van der Waals surface area contributed by atoms with Gasteiger partial charge < -0.3 is 10.4 Å². The maximum absolute atomic E-state index is 13.6. The molecule has 0 aliphatic carbocycles. The topological polar surface area (TPSA) is 90.0 Å². The van der Waals surface area contributed by atoms with Gasteiger partial charge in [-0.25, -0.2) is 0 Å². The van der Waals surface area contributed by atoms with Crippen molar-refractivity contribution in [3.8, 4) is 0 Å². The Morgan fingerprint density at radius 1 is 1.26 bits per heavy atom. The molecule has 1 aromatic rings. The van der Waals surface area contributed by atoms with Gasteiger partial charge in [0.15, 0.2) is 0 Å². The normalized spacial score (nSPS) is 23.5. The summed E-state index contributed by atoms with van der Waals surface area (Å²) in [7, 11) is 0. The van der Waals surface area contributed by atoms with Gasteiger partial charge in [0.25, 0.3) is 0 Å². The van der Waals surface area contributed by atoms with E-state index in [2.05, 4.69) is 5.32 Å². The van der Waals surface area contributed by atoms with E-state index in [1.807, 2.05) is 0 Å². The number of rotatable bonds is 3. The fourth-order valence-corrected chi connectivity index (χ4v) is 3.54. The molecule has 3 rings (SSSR count). The first-order valence-corrected chi connectivity index (χ1v) is 8.43. The highest BCUT2D eigenvalue weighted by Gasteiger charge is 2.49. The van der Waals surface area contributed by atoms with Crippen LogP contribution >= 0.6 is 0 Å². The third-order valence-corrected chi connectivity index (χ3v) is 4.76. The predicted octanol–water partition coefficient (Wildman–Crippen LogP) is 1.84. The zero-order valence-electron chi connectivity index (χ0n) is 14.2. The molecule has 0 spiro atoms. The Morgan fingerprint density at radius 2 is 1.96 bits per heavy atom. The second kappa shape index (κ2) is 7.18.